The van der Waals surface area contributed by atoms with Gasteiger partial charge in [-0.2, -0.15) is 0 Å². The predicted molar refractivity (Wildman–Crippen MR) is 142 cm³/mol. The van der Waals surface area contributed by atoms with Gasteiger partial charge in [-0.1, -0.05) is 31.2 Å². The highest BCUT2D eigenvalue weighted by atomic mass is 19.1. The summed E-state index contributed by atoms with van der Waals surface area (Å²) < 4.78 is 19.6. The molecule has 0 aliphatic carbocycles. The van der Waals surface area contributed by atoms with E-state index in [4.69, 9.17) is 4.42 Å². The summed E-state index contributed by atoms with van der Waals surface area (Å²) >= 11 is 0. The van der Waals surface area contributed by atoms with Crippen LogP contribution in [-0.4, -0.2) is 16.7 Å². The SMILES string of the molecule is CCC(=O)c1c(-c2ccc(F)cc2)oc2ccc(-c3cccc(C(=O)NC(C)c4ccccn4)c3)cc12. The zero-order chi connectivity index (χ0) is 25.9. The second kappa shape index (κ2) is 10.2. The van der Waals surface area contributed by atoms with E-state index in [1.165, 1.54) is 12.1 Å². The summed E-state index contributed by atoms with van der Waals surface area (Å²) in [7, 11) is 0. The van der Waals surface area contributed by atoms with Crippen LogP contribution < -0.4 is 5.32 Å². The molecule has 1 atom stereocenters. The Morgan fingerprint density at radius 3 is 2.41 bits per heavy atom. The molecular formula is C31H25FN2O3. The van der Waals surface area contributed by atoms with Crippen molar-refractivity contribution in [3.05, 3.63) is 114 Å². The smallest absolute Gasteiger partial charge is 0.251 e. The summed E-state index contributed by atoms with van der Waals surface area (Å²) in [6.07, 6.45) is 2.00. The van der Waals surface area contributed by atoms with E-state index in [2.05, 4.69) is 10.3 Å². The van der Waals surface area contributed by atoms with Gasteiger partial charge in [0.2, 0.25) is 0 Å². The van der Waals surface area contributed by atoms with Crippen molar-refractivity contribution in [2.24, 2.45) is 0 Å². The number of carbonyl (C=O) groups is 2. The fourth-order valence-corrected chi connectivity index (χ4v) is 4.36. The Morgan fingerprint density at radius 1 is 0.919 bits per heavy atom. The Morgan fingerprint density at radius 2 is 1.68 bits per heavy atom. The molecule has 6 heteroatoms. The van der Waals surface area contributed by atoms with Gasteiger partial charge in [0.15, 0.2) is 5.78 Å². The third-order valence-corrected chi connectivity index (χ3v) is 6.33. The van der Waals surface area contributed by atoms with Crippen LogP contribution in [0, 0.1) is 5.82 Å². The normalized spacial score (nSPS) is 11.9. The highest BCUT2D eigenvalue weighted by Gasteiger charge is 2.22. The molecule has 0 spiro atoms. The number of hydrogen-bond acceptors (Lipinski definition) is 4. The summed E-state index contributed by atoms with van der Waals surface area (Å²) in [5.41, 5.74) is 4.65. The lowest BCUT2D eigenvalue weighted by atomic mass is 9.97. The molecule has 0 aliphatic heterocycles. The van der Waals surface area contributed by atoms with Crippen LogP contribution in [0.5, 0.6) is 0 Å². The molecule has 1 unspecified atom stereocenters. The highest BCUT2D eigenvalue weighted by Crippen LogP contribution is 2.37. The molecule has 0 saturated carbocycles. The van der Waals surface area contributed by atoms with Gasteiger partial charge in [0, 0.05) is 29.1 Å². The fourth-order valence-electron chi connectivity index (χ4n) is 4.36. The molecule has 1 N–H and O–H groups in total. The maximum absolute atomic E-state index is 13.5. The first-order valence-electron chi connectivity index (χ1n) is 12.1. The van der Waals surface area contributed by atoms with Crippen LogP contribution in [-0.2, 0) is 0 Å². The van der Waals surface area contributed by atoms with Crippen molar-refractivity contribution < 1.29 is 18.4 Å². The zero-order valence-electron chi connectivity index (χ0n) is 20.5. The largest absolute Gasteiger partial charge is 0.455 e. The average Bonchev–Trinajstić information content (AvgIpc) is 3.32. The lowest BCUT2D eigenvalue weighted by Crippen LogP contribution is -2.27. The second-order valence-electron chi connectivity index (χ2n) is 8.83. The van der Waals surface area contributed by atoms with E-state index in [-0.39, 0.29) is 23.5 Å². The van der Waals surface area contributed by atoms with E-state index in [1.807, 2.05) is 61.5 Å². The van der Waals surface area contributed by atoms with Crippen molar-refractivity contribution in [2.45, 2.75) is 26.3 Å². The second-order valence-corrected chi connectivity index (χ2v) is 8.83. The van der Waals surface area contributed by atoms with Gasteiger partial charge in [-0.3, -0.25) is 14.6 Å². The van der Waals surface area contributed by atoms with Crippen LogP contribution in [0.4, 0.5) is 4.39 Å². The van der Waals surface area contributed by atoms with E-state index in [9.17, 15) is 14.0 Å². The molecule has 5 nitrogen and oxygen atoms in total. The fraction of sp³-hybridized carbons (Fsp3) is 0.129. The summed E-state index contributed by atoms with van der Waals surface area (Å²) in [5.74, 6) is -0.198. The van der Waals surface area contributed by atoms with E-state index in [0.717, 1.165) is 16.8 Å². The zero-order valence-corrected chi connectivity index (χ0v) is 20.5. The number of nitrogens with zero attached hydrogens (tertiary/aromatic N) is 1. The van der Waals surface area contributed by atoms with Gasteiger partial charge in [-0.25, -0.2) is 4.39 Å². The molecule has 5 aromatic rings. The van der Waals surface area contributed by atoms with Gasteiger partial charge in [-0.15, -0.1) is 0 Å². The number of aromatic nitrogens is 1. The Hall–Kier alpha value is -4.58. The number of nitrogens with one attached hydrogen (secondary N) is 1. The number of amides is 1. The number of benzene rings is 3. The third-order valence-electron chi connectivity index (χ3n) is 6.33. The van der Waals surface area contributed by atoms with E-state index >= 15 is 0 Å². The van der Waals surface area contributed by atoms with Crippen LogP contribution in [0.3, 0.4) is 0 Å². The molecule has 0 fully saturated rings. The first-order valence-corrected chi connectivity index (χ1v) is 12.1. The Balaban J connectivity index is 1.50. The number of rotatable bonds is 7. The van der Waals surface area contributed by atoms with Gasteiger partial charge in [0.25, 0.3) is 5.91 Å². The molecule has 184 valence electrons. The van der Waals surface area contributed by atoms with Crippen LogP contribution in [0.2, 0.25) is 0 Å². The van der Waals surface area contributed by atoms with Gasteiger partial charge >= 0.3 is 0 Å². The Labute approximate surface area is 214 Å². The Kier molecular flexibility index (Phi) is 6.64. The summed E-state index contributed by atoms with van der Waals surface area (Å²) in [6.45, 7) is 3.69. The van der Waals surface area contributed by atoms with Gasteiger partial charge in [-0.05, 0) is 78.7 Å². The molecule has 37 heavy (non-hydrogen) atoms. The first-order chi connectivity index (χ1) is 17.9. The van der Waals surface area contributed by atoms with Crippen LogP contribution >= 0.6 is 0 Å². The van der Waals surface area contributed by atoms with Gasteiger partial charge in [0.05, 0.1) is 17.3 Å². The predicted octanol–water partition coefficient (Wildman–Crippen LogP) is 7.38. The molecule has 0 bridgehead atoms. The van der Waals surface area contributed by atoms with Crippen molar-refractivity contribution in [1.29, 1.82) is 0 Å². The van der Waals surface area contributed by atoms with E-state index < -0.39 is 0 Å². The van der Waals surface area contributed by atoms with Gasteiger partial charge in [0.1, 0.15) is 17.2 Å². The van der Waals surface area contributed by atoms with Crippen molar-refractivity contribution in [1.82, 2.24) is 10.3 Å². The lowest BCUT2D eigenvalue weighted by Gasteiger charge is -2.14. The first kappa shape index (κ1) is 24.1. The van der Waals surface area contributed by atoms with Crippen molar-refractivity contribution >= 4 is 22.7 Å². The summed E-state index contributed by atoms with van der Waals surface area (Å²) in [6, 6.07) is 24.2. The minimum atomic E-state index is -0.358. The molecule has 3 aromatic carbocycles. The Bertz CT molecular complexity index is 1590. The van der Waals surface area contributed by atoms with Crippen molar-refractivity contribution in [3.63, 3.8) is 0 Å². The topological polar surface area (TPSA) is 72.2 Å². The monoisotopic (exact) mass is 492 g/mol. The van der Waals surface area contributed by atoms with Crippen molar-refractivity contribution in [2.75, 3.05) is 0 Å². The molecule has 5 rings (SSSR count). The maximum Gasteiger partial charge on any atom is 0.251 e. The number of fused-ring (bicyclic) bond motifs is 1. The standard InChI is InChI=1S/C31H25FN2O3/c1-3-27(35)29-25-18-22(12-15-28(25)37-30(29)20-10-13-24(32)14-11-20)21-7-6-8-23(17-21)31(36)34-19(2)26-9-4-5-16-33-26/h4-19H,3H2,1-2H3,(H,34,36). The number of carbonyl (C=O) groups excluding carboxylic acids is 2. The van der Waals surface area contributed by atoms with Crippen molar-refractivity contribution in [3.8, 4) is 22.5 Å². The number of ketones is 1. The minimum Gasteiger partial charge on any atom is -0.455 e. The molecule has 2 aromatic heterocycles. The lowest BCUT2D eigenvalue weighted by molar-refractivity contribution is 0.0938. The summed E-state index contributed by atoms with van der Waals surface area (Å²) in [4.78, 5) is 30.2. The number of hydrogen-bond donors (Lipinski definition) is 1. The third kappa shape index (κ3) is 4.91. The van der Waals surface area contributed by atoms with Crippen LogP contribution in [0.15, 0.2) is 95.5 Å². The average molecular weight is 493 g/mol. The molecule has 1 amide bonds. The quantitative estimate of drug-likeness (QED) is 0.241. The minimum absolute atomic E-state index is 0.0631. The van der Waals surface area contributed by atoms with Gasteiger partial charge < -0.3 is 9.73 Å². The van der Waals surface area contributed by atoms with Crippen LogP contribution in [0.25, 0.3) is 33.4 Å². The highest BCUT2D eigenvalue weighted by molar-refractivity contribution is 6.12. The van der Waals surface area contributed by atoms with Crippen LogP contribution in [0.1, 0.15) is 52.7 Å². The number of halogens is 1. The molecule has 0 radical (unpaired) electrons. The molecule has 2 heterocycles. The molecular weight excluding hydrogens is 467 g/mol. The number of pyridine rings is 1. The molecule has 0 aliphatic rings. The molecule has 0 saturated heterocycles. The maximum atomic E-state index is 13.5. The number of Topliss-reactive ketones (excluding diaryl/α,β-unsaturated/α-hetero) is 1. The van der Waals surface area contributed by atoms with E-state index in [0.29, 0.717) is 39.8 Å². The summed E-state index contributed by atoms with van der Waals surface area (Å²) in [5, 5.41) is 3.67. The number of furan rings is 1. The van der Waals surface area contributed by atoms with E-state index in [1.54, 1.807) is 31.3 Å².